The highest BCUT2D eigenvalue weighted by Crippen LogP contribution is 2.50. The summed E-state index contributed by atoms with van der Waals surface area (Å²) in [7, 11) is 0. The Balaban J connectivity index is 2.10. The second kappa shape index (κ2) is 12.0. The van der Waals surface area contributed by atoms with Gasteiger partial charge in [-0.1, -0.05) is 20.3 Å². The number of aromatic hydroxyl groups is 4. The van der Waals surface area contributed by atoms with Crippen LogP contribution in [-0.2, 0) is 4.79 Å². The number of amides is 1. The highest BCUT2D eigenvalue weighted by atomic mass is 16.5. The Bertz CT molecular complexity index is 1760. The number of unbranched alkanes of at least 4 members (excludes halogenated alkanes) is 1. The minimum atomic E-state index is -0.554. The fourth-order valence-electron chi connectivity index (χ4n) is 5.49. The lowest BCUT2D eigenvalue weighted by Gasteiger charge is -2.21. The van der Waals surface area contributed by atoms with E-state index in [1.54, 1.807) is 39.0 Å². The molecule has 0 unspecified atom stereocenters. The van der Waals surface area contributed by atoms with Gasteiger partial charge >= 0.3 is 0 Å². The lowest BCUT2D eigenvalue weighted by Crippen LogP contribution is -2.24. The molecule has 220 valence electrons. The Morgan fingerprint density at radius 2 is 1.38 bits per heavy atom. The monoisotopic (exact) mass is 573 g/mol. The maximum atomic E-state index is 13.1. The van der Waals surface area contributed by atoms with Crippen molar-refractivity contribution in [3.05, 3.63) is 52.1 Å². The smallest absolute Gasteiger partial charge is 0.298 e. The number of ether oxygens (including phenoxy) is 1. The first-order valence-corrected chi connectivity index (χ1v) is 13.9. The van der Waals surface area contributed by atoms with Gasteiger partial charge in [-0.15, -0.1) is 0 Å². The van der Waals surface area contributed by atoms with Crippen LogP contribution in [0.25, 0.3) is 32.7 Å². The Labute approximate surface area is 243 Å². The van der Waals surface area contributed by atoms with E-state index in [2.05, 4.69) is 5.32 Å². The number of hydrogen-bond donors (Lipinski definition) is 5. The quantitative estimate of drug-likeness (QED) is 0.0823. The number of ketones is 1. The molecule has 0 spiro atoms. The zero-order chi connectivity index (χ0) is 30.9. The predicted molar refractivity (Wildman–Crippen MR) is 161 cm³/mol. The van der Waals surface area contributed by atoms with E-state index in [0.29, 0.717) is 58.0 Å². The van der Waals surface area contributed by atoms with Gasteiger partial charge in [-0.3, -0.25) is 14.4 Å². The molecule has 0 fully saturated rings. The zero-order valence-electron chi connectivity index (χ0n) is 24.3. The summed E-state index contributed by atoms with van der Waals surface area (Å²) in [5, 5.41) is 47.7. The maximum absolute atomic E-state index is 13.1. The van der Waals surface area contributed by atoms with Crippen molar-refractivity contribution in [3.63, 3.8) is 0 Å². The average Bonchev–Trinajstić information content (AvgIpc) is 2.94. The second-order valence-corrected chi connectivity index (χ2v) is 10.5. The van der Waals surface area contributed by atoms with E-state index >= 15 is 0 Å². The van der Waals surface area contributed by atoms with Crippen LogP contribution in [0.4, 0.5) is 0 Å². The SMILES string of the molecule is CCCCC(=O)c1c(O)c(O)cc2c(OC=O)c(-c3c(C)cc4c(C(=O)NCCC)c(O)c(C)cc4c3O)c(C)cc12. The minimum Gasteiger partial charge on any atom is -0.507 e. The van der Waals surface area contributed by atoms with E-state index in [4.69, 9.17) is 4.74 Å². The molecule has 0 aliphatic carbocycles. The Kier molecular flexibility index (Phi) is 8.61. The molecule has 0 heterocycles. The molecule has 0 aromatic heterocycles. The minimum absolute atomic E-state index is 0.0194. The number of nitrogens with one attached hydrogen (secondary N) is 1. The van der Waals surface area contributed by atoms with E-state index in [-0.39, 0.29) is 57.8 Å². The summed E-state index contributed by atoms with van der Waals surface area (Å²) in [6.07, 6.45) is 2.19. The van der Waals surface area contributed by atoms with Crippen LogP contribution in [0.15, 0.2) is 24.3 Å². The van der Waals surface area contributed by atoms with Crippen LogP contribution < -0.4 is 10.1 Å². The molecule has 42 heavy (non-hydrogen) atoms. The topological polar surface area (TPSA) is 153 Å². The van der Waals surface area contributed by atoms with Gasteiger partial charge in [-0.2, -0.15) is 0 Å². The number of rotatable bonds is 10. The summed E-state index contributed by atoms with van der Waals surface area (Å²) >= 11 is 0. The third kappa shape index (κ3) is 5.06. The Morgan fingerprint density at radius 1 is 0.762 bits per heavy atom. The summed E-state index contributed by atoms with van der Waals surface area (Å²) in [4.78, 5) is 37.9. The molecule has 0 atom stereocenters. The normalized spacial score (nSPS) is 11.2. The molecular weight excluding hydrogens is 538 g/mol. The van der Waals surface area contributed by atoms with Gasteiger partial charge in [-0.25, -0.2) is 0 Å². The van der Waals surface area contributed by atoms with Gasteiger partial charge in [0, 0.05) is 45.6 Å². The van der Waals surface area contributed by atoms with Crippen molar-refractivity contribution in [3.8, 4) is 39.9 Å². The summed E-state index contributed by atoms with van der Waals surface area (Å²) in [5.41, 5.74) is 2.00. The molecule has 0 aliphatic heterocycles. The van der Waals surface area contributed by atoms with E-state index in [1.165, 1.54) is 6.07 Å². The van der Waals surface area contributed by atoms with Crippen LogP contribution in [-0.4, -0.2) is 45.1 Å². The van der Waals surface area contributed by atoms with Gasteiger partial charge in [0.15, 0.2) is 17.3 Å². The molecule has 0 saturated heterocycles. The second-order valence-electron chi connectivity index (χ2n) is 10.5. The number of carbonyl (C=O) groups is 3. The zero-order valence-corrected chi connectivity index (χ0v) is 24.3. The van der Waals surface area contributed by atoms with Crippen molar-refractivity contribution < 1.29 is 39.5 Å². The van der Waals surface area contributed by atoms with E-state index in [1.807, 2.05) is 13.8 Å². The van der Waals surface area contributed by atoms with Crippen LogP contribution in [0.1, 0.15) is 76.9 Å². The van der Waals surface area contributed by atoms with Crippen molar-refractivity contribution in [1.29, 1.82) is 0 Å². The van der Waals surface area contributed by atoms with E-state index < -0.39 is 17.4 Å². The first kappa shape index (κ1) is 30.2. The number of phenolic OH excluding ortho intramolecular Hbond substituents is 4. The lowest BCUT2D eigenvalue weighted by molar-refractivity contribution is -0.120. The number of phenols is 4. The first-order valence-electron chi connectivity index (χ1n) is 13.9. The Morgan fingerprint density at radius 3 is 2.00 bits per heavy atom. The fourth-order valence-corrected chi connectivity index (χ4v) is 5.49. The molecule has 0 saturated carbocycles. The largest absolute Gasteiger partial charge is 0.507 e. The molecule has 5 N–H and O–H groups in total. The molecule has 1 amide bonds. The maximum Gasteiger partial charge on any atom is 0.298 e. The van der Waals surface area contributed by atoms with Gasteiger partial charge in [0.2, 0.25) is 0 Å². The molecule has 0 radical (unpaired) electrons. The number of carbonyl (C=O) groups excluding carboxylic acids is 3. The Hall–Kier alpha value is -4.79. The third-order valence-corrected chi connectivity index (χ3v) is 7.54. The van der Waals surface area contributed by atoms with E-state index in [9.17, 15) is 34.8 Å². The van der Waals surface area contributed by atoms with Gasteiger partial charge in [-0.05, 0) is 74.6 Å². The molecule has 9 heteroatoms. The molecule has 0 bridgehead atoms. The number of hydrogen-bond acceptors (Lipinski definition) is 8. The van der Waals surface area contributed by atoms with Gasteiger partial charge < -0.3 is 30.5 Å². The molecule has 0 aliphatic rings. The highest BCUT2D eigenvalue weighted by molar-refractivity contribution is 6.16. The van der Waals surface area contributed by atoms with Crippen LogP contribution >= 0.6 is 0 Å². The van der Waals surface area contributed by atoms with Crippen LogP contribution in [0.2, 0.25) is 0 Å². The van der Waals surface area contributed by atoms with Gasteiger partial charge in [0.25, 0.3) is 12.4 Å². The summed E-state index contributed by atoms with van der Waals surface area (Å²) in [6, 6.07) is 6.11. The number of aryl methyl sites for hydroxylation is 3. The van der Waals surface area contributed by atoms with E-state index in [0.717, 1.165) is 6.42 Å². The fraction of sp³-hybridized carbons (Fsp3) is 0.303. The van der Waals surface area contributed by atoms with Gasteiger partial charge in [0.05, 0.1) is 11.1 Å². The van der Waals surface area contributed by atoms with Crippen LogP contribution in [0, 0.1) is 20.8 Å². The van der Waals surface area contributed by atoms with Crippen molar-refractivity contribution in [2.75, 3.05) is 6.54 Å². The number of Topliss-reactive ketones (excluding diaryl/α,β-unsaturated/α-hetero) is 1. The summed E-state index contributed by atoms with van der Waals surface area (Å²) < 4.78 is 5.47. The van der Waals surface area contributed by atoms with Crippen LogP contribution in [0.5, 0.6) is 28.7 Å². The molecule has 4 aromatic rings. The van der Waals surface area contributed by atoms with Crippen molar-refractivity contribution >= 4 is 39.7 Å². The summed E-state index contributed by atoms with van der Waals surface area (Å²) in [5.74, 6) is -2.37. The third-order valence-electron chi connectivity index (χ3n) is 7.54. The molecule has 4 aromatic carbocycles. The summed E-state index contributed by atoms with van der Waals surface area (Å²) in [6.45, 7) is 9.51. The highest BCUT2D eigenvalue weighted by Gasteiger charge is 2.28. The predicted octanol–water partition coefficient (Wildman–Crippen LogP) is 6.46. The number of benzene rings is 4. The molecule has 4 rings (SSSR count). The molecular formula is C33H35NO8. The molecule has 9 nitrogen and oxygen atoms in total. The first-order chi connectivity index (χ1) is 20.0. The standard InChI is InChI=1S/C33H35NO8/c1-6-8-9-23(36)27-20-12-17(4)26(32(42-15-35)22(20)14-24(37)31(27)40)25-16(3)11-19-21(30(25)39)13-18(5)29(38)28(19)33(41)34-10-7-2/h11-15,37-40H,6-10H2,1-5H3,(H,34,41). The average molecular weight is 574 g/mol. The number of fused-ring (bicyclic) bond motifs is 2. The van der Waals surface area contributed by atoms with Crippen LogP contribution in [0.3, 0.4) is 0 Å². The lowest BCUT2D eigenvalue weighted by atomic mass is 9.86. The van der Waals surface area contributed by atoms with Crippen molar-refractivity contribution in [2.45, 2.75) is 60.3 Å². The van der Waals surface area contributed by atoms with Gasteiger partial charge in [0.1, 0.15) is 17.2 Å². The van der Waals surface area contributed by atoms with Crippen molar-refractivity contribution in [1.82, 2.24) is 5.32 Å². The van der Waals surface area contributed by atoms with Crippen molar-refractivity contribution in [2.24, 2.45) is 0 Å².